The maximum atomic E-state index is 9.61. The molecular formula is C3H3FeMnO2Pt+3. The van der Waals surface area contributed by atoms with Crippen LogP contribution in [-0.2, 0) is 64.4 Å². The first kappa shape index (κ1) is 23.0. The van der Waals surface area contributed by atoms with Gasteiger partial charge in [-0.15, -0.1) is 0 Å². The van der Waals surface area contributed by atoms with Crippen molar-refractivity contribution in [2.24, 2.45) is 0 Å². The summed E-state index contributed by atoms with van der Waals surface area (Å²) in [4.78, 5) is 9.61. The van der Waals surface area contributed by atoms with Crippen molar-refractivity contribution in [3.8, 4) is 0 Å². The van der Waals surface area contributed by atoms with E-state index in [1.807, 2.05) is 0 Å². The molecule has 0 aromatic rings. The molecule has 0 aliphatic heterocycles. The molecule has 0 aromatic heterocycles. The van der Waals surface area contributed by atoms with Crippen molar-refractivity contribution in [1.29, 1.82) is 0 Å². The van der Waals surface area contributed by atoms with E-state index in [4.69, 9.17) is 0 Å². The first-order valence-corrected chi connectivity index (χ1v) is 1.68. The normalized spacial score (nSPS) is 4.00. The number of rotatable bonds is 1. The van der Waals surface area contributed by atoms with Gasteiger partial charge in [-0.05, 0) is 0 Å². The fourth-order valence-corrected chi connectivity index (χ4v) is 0. The van der Waals surface area contributed by atoms with Crippen molar-refractivity contribution >= 4 is 4.68 Å². The molecule has 0 unspecified atom stereocenters. The van der Waals surface area contributed by atoms with Crippen molar-refractivity contribution < 1.29 is 64.4 Å². The predicted octanol–water partition coefficient (Wildman–Crippen LogP) is 0.122. The van der Waals surface area contributed by atoms with Gasteiger partial charge >= 0.3 is 76.3 Å². The van der Waals surface area contributed by atoms with Crippen LogP contribution in [0.2, 0.25) is 0 Å². The van der Waals surface area contributed by atoms with E-state index in [0.29, 0.717) is 0 Å². The minimum Gasteiger partial charge on any atom is -2.00 e. The molecule has 0 atom stereocenters. The molecule has 0 bridgehead atoms. The molecule has 0 aliphatic rings. The van der Waals surface area contributed by atoms with Crippen LogP contribution in [0, 0.1) is 0 Å². The van der Waals surface area contributed by atoms with Crippen LogP contribution in [-0.4, -0.2) is 4.68 Å². The van der Waals surface area contributed by atoms with Crippen molar-refractivity contribution in [2.75, 3.05) is 0 Å². The Hall–Kier alpha value is 1.10. The molecule has 0 radical (unpaired) electrons. The number of hydrogen-bond donors (Lipinski definition) is 0. The quantitative estimate of drug-likeness (QED) is 0.473. The molecule has 0 saturated heterocycles. The second-order valence-electron chi connectivity index (χ2n) is 0.508. The summed E-state index contributed by atoms with van der Waals surface area (Å²) in [5.74, 6) is 0. The van der Waals surface area contributed by atoms with E-state index in [-0.39, 0.29) is 48.3 Å². The van der Waals surface area contributed by atoms with E-state index in [1.54, 1.807) is 0 Å². The van der Waals surface area contributed by atoms with Crippen molar-refractivity contribution in [3.63, 3.8) is 0 Å². The average Bonchev–Trinajstić information content (AvgIpc) is 1.38. The Labute approximate surface area is 81.3 Å². The maximum Gasteiger partial charge on any atom is 2.00 e. The zero-order chi connectivity index (χ0) is 4.28. The molecule has 49 valence electrons. The van der Waals surface area contributed by atoms with Crippen LogP contribution >= 0.6 is 0 Å². The summed E-state index contributed by atoms with van der Waals surface area (Å²) in [6.45, 7) is 3.16. The van der Waals surface area contributed by atoms with Gasteiger partial charge in [-0.2, -0.15) is 0 Å². The van der Waals surface area contributed by atoms with E-state index in [1.165, 1.54) is 6.08 Å². The topological polar surface area (TPSA) is 45.6 Å². The van der Waals surface area contributed by atoms with E-state index in [0.717, 1.165) is 0 Å². The second kappa shape index (κ2) is 15.7. The largest absolute Gasteiger partial charge is 2.00 e. The van der Waals surface area contributed by atoms with Gasteiger partial charge in [-0.3, -0.25) is 0 Å². The van der Waals surface area contributed by atoms with Gasteiger partial charge in [0.25, 0.3) is 0 Å². The van der Waals surface area contributed by atoms with Gasteiger partial charge in [-0.1, -0.05) is 0 Å². The predicted molar refractivity (Wildman–Crippen MR) is 15.9 cm³/mol. The Bertz CT molecular complexity index is 68.3. The van der Waals surface area contributed by atoms with E-state index in [2.05, 4.69) is 22.6 Å². The van der Waals surface area contributed by atoms with Gasteiger partial charge in [0, 0.05) is 0 Å². The van der Waals surface area contributed by atoms with Crippen molar-refractivity contribution in [3.05, 3.63) is 12.7 Å². The minimum atomic E-state index is -0.169. The summed E-state index contributed by atoms with van der Waals surface area (Å²) in [6, 6.07) is 0. The third kappa shape index (κ3) is 27.5. The summed E-state index contributed by atoms with van der Waals surface area (Å²) in [5, 5.41) is 0. The first-order valence-electron chi connectivity index (χ1n) is 1.09. The molecule has 5 heteroatoms. The van der Waals surface area contributed by atoms with Crippen LogP contribution in [0.15, 0.2) is 12.7 Å². The number of allylic oxidation sites excluding steroid dienone is 1. The van der Waals surface area contributed by atoms with E-state index >= 15 is 0 Å². The molecule has 0 rings (SSSR count). The standard InChI is InChI=1S/C3H3O.Fe.Mn.O.Pt/c1-2-3-4;;;;/h2H,1H2;;;;/q;+2;+1;-2;+2. The van der Waals surface area contributed by atoms with Crippen LogP contribution < -0.4 is 0 Å². The number of carbonyl (C=O) groups is 1. The number of carbonyl (C=O) groups excluding carboxylic acids is 1. The molecule has 0 aromatic carbocycles. The maximum absolute atomic E-state index is 9.61. The Balaban J connectivity index is -0.0000000267. The average molecular weight is 377 g/mol. The van der Waals surface area contributed by atoms with Crippen LogP contribution in [0.3, 0.4) is 0 Å². The minimum absolute atomic E-state index is 0. The summed E-state index contributed by atoms with van der Waals surface area (Å²) in [7, 11) is 0. The molecular weight excluding hydrogens is 374 g/mol. The first-order chi connectivity index (χ1) is 2.27. The summed E-state index contributed by atoms with van der Waals surface area (Å²) >= 11 is 2.62. The molecule has 0 amide bonds. The van der Waals surface area contributed by atoms with Crippen LogP contribution in [0.4, 0.5) is 0 Å². The van der Waals surface area contributed by atoms with Gasteiger partial charge in [0.05, 0.1) is 0 Å². The third-order valence-corrected chi connectivity index (χ3v) is 0.401. The monoisotopic (exact) mass is 377 g/mol. The van der Waals surface area contributed by atoms with Gasteiger partial charge in [0.1, 0.15) is 0 Å². The van der Waals surface area contributed by atoms with E-state index < -0.39 is 0 Å². The molecule has 0 heterocycles. The van der Waals surface area contributed by atoms with Crippen LogP contribution in [0.1, 0.15) is 0 Å². The van der Waals surface area contributed by atoms with Gasteiger partial charge in [-0.25, -0.2) is 0 Å². The molecule has 0 fully saturated rings. The zero-order valence-corrected chi connectivity index (χ0v) is 8.21. The molecule has 2 nitrogen and oxygen atoms in total. The Kier molecular flexibility index (Phi) is 45.0. The van der Waals surface area contributed by atoms with Crippen molar-refractivity contribution in [1.82, 2.24) is 0 Å². The Morgan fingerprint density at radius 2 is 1.75 bits per heavy atom. The van der Waals surface area contributed by atoms with Gasteiger partial charge in [0.2, 0.25) is 0 Å². The zero-order valence-electron chi connectivity index (χ0n) is 3.65. The molecule has 0 spiro atoms. The SMILES string of the molecule is C=C[C](=O)[Mn+].[Fe+2].[O-2].[Pt+2]. The Morgan fingerprint density at radius 1 is 1.62 bits per heavy atom. The van der Waals surface area contributed by atoms with Crippen molar-refractivity contribution in [2.45, 2.75) is 0 Å². The fourth-order valence-electron chi connectivity index (χ4n) is 0. The van der Waals surface area contributed by atoms with Crippen LogP contribution in [0.25, 0.3) is 0 Å². The van der Waals surface area contributed by atoms with Gasteiger partial charge in [0.15, 0.2) is 0 Å². The fraction of sp³-hybridized carbons (Fsp3) is 0. The van der Waals surface area contributed by atoms with Gasteiger partial charge < -0.3 is 5.48 Å². The smallest absolute Gasteiger partial charge is 2.00 e. The third-order valence-electron chi connectivity index (χ3n) is 0.160. The molecule has 0 aliphatic carbocycles. The summed E-state index contributed by atoms with van der Waals surface area (Å²) < 4.78 is -0.169. The summed E-state index contributed by atoms with van der Waals surface area (Å²) in [6.07, 6.45) is 1.19. The van der Waals surface area contributed by atoms with E-state index in [9.17, 15) is 4.79 Å². The molecule has 0 saturated carbocycles. The molecule has 0 N–H and O–H groups in total. The second-order valence-corrected chi connectivity index (χ2v) is 1.09. The Morgan fingerprint density at radius 3 is 1.75 bits per heavy atom. The molecule has 8 heavy (non-hydrogen) atoms. The number of hydrogen-bond acceptors (Lipinski definition) is 1. The summed E-state index contributed by atoms with van der Waals surface area (Å²) in [5.41, 5.74) is 0. The van der Waals surface area contributed by atoms with Crippen LogP contribution in [0.5, 0.6) is 0 Å².